The number of nitrogens with one attached hydrogen (secondary N) is 3. The van der Waals surface area contributed by atoms with Crippen LogP contribution in [0.25, 0.3) is 21.9 Å². The van der Waals surface area contributed by atoms with E-state index in [0.29, 0.717) is 17.2 Å². The van der Waals surface area contributed by atoms with E-state index < -0.39 is 0 Å². The first-order valence-corrected chi connectivity index (χ1v) is 12.6. The third kappa shape index (κ3) is 5.13. The number of aromatic nitrogens is 2. The summed E-state index contributed by atoms with van der Waals surface area (Å²) in [6.45, 7) is 1.70. The maximum atomic E-state index is 11.7. The fraction of sp³-hybridized carbons (Fsp3) is 0.0968. The number of hydrogen-bond donors (Lipinski definition) is 3. The lowest BCUT2D eigenvalue weighted by atomic mass is 10.0. The van der Waals surface area contributed by atoms with Crippen LogP contribution in [0.5, 0.6) is 0 Å². The molecule has 0 aliphatic carbocycles. The van der Waals surface area contributed by atoms with Crippen molar-refractivity contribution in [3.05, 3.63) is 108 Å². The van der Waals surface area contributed by atoms with E-state index in [9.17, 15) is 4.79 Å². The highest BCUT2D eigenvalue weighted by atomic mass is 16.5. The predicted octanol–water partition coefficient (Wildman–Crippen LogP) is 5.92. The lowest BCUT2D eigenvalue weighted by Gasteiger charge is -2.13. The molecular weight excluding hydrogens is 488 g/mol. The van der Waals surface area contributed by atoms with E-state index >= 15 is 0 Å². The van der Waals surface area contributed by atoms with Gasteiger partial charge in [0.25, 0.3) is 0 Å². The van der Waals surface area contributed by atoms with Gasteiger partial charge < -0.3 is 20.7 Å². The second kappa shape index (κ2) is 10.6. The van der Waals surface area contributed by atoms with Crippen molar-refractivity contribution in [2.75, 3.05) is 30.8 Å². The van der Waals surface area contributed by atoms with Crippen LogP contribution in [-0.4, -0.2) is 42.2 Å². The number of benzene rings is 4. The summed E-state index contributed by atoms with van der Waals surface area (Å²) in [6, 6.07) is 31.6. The van der Waals surface area contributed by atoms with E-state index in [4.69, 9.17) is 4.74 Å². The Morgan fingerprint density at radius 3 is 1.72 bits per heavy atom. The van der Waals surface area contributed by atoms with Crippen LogP contribution in [0.4, 0.5) is 23.0 Å². The van der Waals surface area contributed by atoms with E-state index in [1.807, 2.05) is 84.9 Å². The van der Waals surface area contributed by atoms with Gasteiger partial charge in [-0.25, -0.2) is 4.79 Å². The van der Waals surface area contributed by atoms with Gasteiger partial charge in [0.1, 0.15) is 5.84 Å². The van der Waals surface area contributed by atoms with Gasteiger partial charge in [0.05, 0.1) is 19.2 Å². The van der Waals surface area contributed by atoms with Crippen molar-refractivity contribution in [1.82, 2.24) is 15.5 Å². The molecule has 39 heavy (non-hydrogen) atoms. The highest BCUT2D eigenvalue weighted by molar-refractivity contribution is 6.01. The van der Waals surface area contributed by atoms with Gasteiger partial charge in [-0.1, -0.05) is 48.5 Å². The van der Waals surface area contributed by atoms with E-state index in [-0.39, 0.29) is 5.97 Å². The number of fused-ring (bicyclic) bond motifs is 1. The van der Waals surface area contributed by atoms with Crippen LogP contribution in [-0.2, 0) is 4.74 Å². The topological polar surface area (TPSA) is 101 Å². The molecule has 1 aliphatic rings. The number of amidine groups is 1. The number of ether oxygens (including phenoxy) is 1. The summed E-state index contributed by atoms with van der Waals surface area (Å²) in [4.78, 5) is 16.2. The monoisotopic (exact) mass is 514 g/mol. The van der Waals surface area contributed by atoms with E-state index in [0.717, 1.165) is 57.8 Å². The zero-order valence-electron chi connectivity index (χ0n) is 21.3. The average Bonchev–Trinajstić information content (AvgIpc) is 3.54. The van der Waals surface area contributed by atoms with Crippen molar-refractivity contribution in [2.45, 2.75) is 0 Å². The number of methoxy groups -OCH3 is 1. The van der Waals surface area contributed by atoms with Crippen LogP contribution in [0.3, 0.4) is 0 Å². The zero-order valence-corrected chi connectivity index (χ0v) is 21.3. The van der Waals surface area contributed by atoms with E-state index in [1.165, 1.54) is 7.11 Å². The van der Waals surface area contributed by atoms with Gasteiger partial charge in [-0.15, -0.1) is 10.2 Å². The summed E-state index contributed by atoms with van der Waals surface area (Å²) >= 11 is 0. The standard InChI is InChI=1S/C31H26N6O2/c1-39-31(38)23-8-6-20(7-9-23)21-10-14-24(15-11-21)34-29-26-4-2-3-5-27(26)30(37-36-29)35-25-16-12-22(13-17-25)28-32-18-19-33-28/h2-17H,18-19H2,1H3,(H,32,33)(H,34,36)(H,35,37). The molecule has 8 nitrogen and oxygen atoms in total. The van der Waals surface area contributed by atoms with Gasteiger partial charge in [-0.3, -0.25) is 4.99 Å². The maximum absolute atomic E-state index is 11.7. The highest BCUT2D eigenvalue weighted by Gasteiger charge is 2.12. The SMILES string of the molecule is COC(=O)c1ccc(-c2ccc(Nc3nnc(Nc4ccc(C5=NCCN5)cc4)c4ccccc34)cc2)cc1. The normalized spacial score (nSPS) is 12.5. The molecule has 0 saturated carbocycles. The van der Waals surface area contributed by atoms with E-state index in [1.54, 1.807) is 12.1 Å². The van der Waals surface area contributed by atoms with Gasteiger partial charge in [0, 0.05) is 34.3 Å². The molecule has 2 heterocycles. The summed E-state index contributed by atoms with van der Waals surface area (Å²) < 4.78 is 4.78. The number of aliphatic imine (C=N–C) groups is 1. The lowest BCUT2D eigenvalue weighted by molar-refractivity contribution is 0.0600. The zero-order chi connectivity index (χ0) is 26.6. The number of nitrogens with zero attached hydrogens (tertiary/aromatic N) is 3. The van der Waals surface area contributed by atoms with Gasteiger partial charge in [-0.2, -0.15) is 0 Å². The Morgan fingerprint density at radius 1 is 0.718 bits per heavy atom. The second-order valence-corrected chi connectivity index (χ2v) is 9.07. The number of hydrogen-bond acceptors (Lipinski definition) is 8. The molecule has 3 N–H and O–H groups in total. The molecular formula is C31H26N6O2. The minimum Gasteiger partial charge on any atom is -0.465 e. The molecule has 0 fully saturated rings. The Kier molecular flexibility index (Phi) is 6.57. The van der Waals surface area contributed by atoms with Gasteiger partial charge in [-0.05, 0) is 59.7 Å². The molecule has 0 amide bonds. The largest absolute Gasteiger partial charge is 0.465 e. The summed E-state index contributed by atoms with van der Waals surface area (Å²) in [5.41, 5.74) is 5.45. The molecule has 0 saturated heterocycles. The molecule has 0 bridgehead atoms. The van der Waals surface area contributed by atoms with Gasteiger partial charge in [0.15, 0.2) is 11.6 Å². The first-order chi connectivity index (χ1) is 19.2. The summed E-state index contributed by atoms with van der Waals surface area (Å²) in [5, 5.41) is 21.0. The van der Waals surface area contributed by atoms with Crippen molar-refractivity contribution in [1.29, 1.82) is 0 Å². The number of esters is 1. The van der Waals surface area contributed by atoms with Crippen LogP contribution < -0.4 is 16.0 Å². The fourth-order valence-electron chi connectivity index (χ4n) is 4.53. The minimum absolute atomic E-state index is 0.346. The Balaban J connectivity index is 1.20. The molecule has 0 unspecified atom stereocenters. The molecule has 8 heteroatoms. The summed E-state index contributed by atoms with van der Waals surface area (Å²) in [7, 11) is 1.38. The van der Waals surface area contributed by atoms with Gasteiger partial charge >= 0.3 is 5.97 Å². The van der Waals surface area contributed by atoms with Crippen LogP contribution >= 0.6 is 0 Å². The van der Waals surface area contributed by atoms with Crippen molar-refractivity contribution in [3.8, 4) is 11.1 Å². The maximum Gasteiger partial charge on any atom is 0.337 e. The Hall–Kier alpha value is -5.24. The lowest BCUT2D eigenvalue weighted by Crippen LogP contribution is -2.19. The van der Waals surface area contributed by atoms with E-state index in [2.05, 4.69) is 31.1 Å². The second-order valence-electron chi connectivity index (χ2n) is 9.07. The molecule has 0 atom stereocenters. The fourth-order valence-corrected chi connectivity index (χ4v) is 4.53. The highest BCUT2D eigenvalue weighted by Crippen LogP contribution is 2.31. The van der Waals surface area contributed by atoms with Crippen molar-refractivity contribution in [3.63, 3.8) is 0 Å². The van der Waals surface area contributed by atoms with Crippen LogP contribution in [0.1, 0.15) is 15.9 Å². The molecule has 6 rings (SSSR count). The van der Waals surface area contributed by atoms with Crippen molar-refractivity contribution in [2.24, 2.45) is 4.99 Å². The third-order valence-electron chi connectivity index (χ3n) is 6.57. The molecule has 4 aromatic carbocycles. The van der Waals surface area contributed by atoms with Crippen molar-refractivity contribution >= 4 is 45.6 Å². The summed E-state index contributed by atoms with van der Waals surface area (Å²) in [6.07, 6.45) is 0. The first kappa shape index (κ1) is 24.1. The molecule has 1 aliphatic heterocycles. The third-order valence-corrected chi connectivity index (χ3v) is 6.57. The Morgan fingerprint density at radius 2 is 1.23 bits per heavy atom. The minimum atomic E-state index is -0.346. The molecule has 5 aromatic rings. The number of carbonyl (C=O) groups is 1. The average molecular weight is 515 g/mol. The van der Waals surface area contributed by atoms with Crippen molar-refractivity contribution < 1.29 is 9.53 Å². The van der Waals surface area contributed by atoms with Gasteiger partial charge in [0.2, 0.25) is 0 Å². The van der Waals surface area contributed by atoms with Crippen LogP contribution in [0, 0.1) is 0 Å². The number of carbonyl (C=O) groups excluding carboxylic acids is 1. The quantitative estimate of drug-likeness (QED) is 0.232. The number of anilines is 4. The Labute approximate surface area is 225 Å². The molecule has 1 aromatic heterocycles. The van der Waals surface area contributed by atoms with Crippen LogP contribution in [0.2, 0.25) is 0 Å². The first-order valence-electron chi connectivity index (χ1n) is 12.6. The Bertz CT molecular complexity index is 1660. The molecule has 0 spiro atoms. The number of rotatable bonds is 7. The summed E-state index contributed by atoms with van der Waals surface area (Å²) in [5.74, 6) is 1.95. The van der Waals surface area contributed by atoms with Crippen LogP contribution in [0.15, 0.2) is 102 Å². The molecule has 0 radical (unpaired) electrons. The predicted molar refractivity (Wildman–Crippen MR) is 155 cm³/mol. The smallest absolute Gasteiger partial charge is 0.337 e. The molecule has 192 valence electrons.